The van der Waals surface area contributed by atoms with Gasteiger partial charge in [0, 0.05) is 12.6 Å². The van der Waals surface area contributed by atoms with Crippen molar-refractivity contribution in [1.82, 2.24) is 4.72 Å². The number of para-hydroxylation sites is 1. The van der Waals surface area contributed by atoms with Gasteiger partial charge in [0.05, 0.1) is 4.92 Å². The lowest BCUT2D eigenvalue weighted by atomic mass is 9.83. The number of nitro benzene ring substituents is 1. The minimum Gasteiger partial charge on any atom is -0.258 e. The van der Waals surface area contributed by atoms with Gasteiger partial charge in [0.2, 0.25) is 10.0 Å². The second kappa shape index (κ2) is 6.70. The summed E-state index contributed by atoms with van der Waals surface area (Å²) in [6.45, 7) is 0.241. The molecule has 2 aromatic rings. The summed E-state index contributed by atoms with van der Waals surface area (Å²) in [7, 11) is -3.93. The van der Waals surface area contributed by atoms with Crippen molar-refractivity contribution in [2.24, 2.45) is 0 Å². The summed E-state index contributed by atoms with van der Waals surface area (Å²) in [5.41, 5.74) is 2.00. The molecule has 0 radical (unpaired) electrons. The van der Waals surface area contributed by atoms with Crippen LogP contribution in [0, 0.1) is 10.1 Å². The zero-order chi connectivity index (χ0) is 17.2. The first-order chi connectivity index (χ1) is 11.5. The topological polar surface area (TPSA) is 89.3 Å². The Morgan fingerprint density at radius 2 is 1.83 bits per heavy atom. The van der Waals surface area contributed by atoms with Crippen molar-refractivity contribution >= 4 is 15.7 Å². The lowest BCUT2D eigenvalue weighted by Crippen LogP contribution is -2.30. The number of fused-ring (bicyclic) bond motifs is 1. The zero-order valence-corrected chi connectivity index (χ0v) is 13.8. The first kappa shape index (κ1) is 16.6. The molecule has 1 N–H and O–H groups in total. The van der Waals surface area contributed by atoms with E-state index in [9.17, 15) is 18.5 Å². The van der Waals surface area contributed by atoms with Gasteiger partial charge in [-0.15, -0.1) is 0 Å². The van der Waals surface area contributed by atoms with E-state index in [0.717, 1.165) is 24.8 Å². The number of sulfonamides is 1. The second-order valence-corrected chi connectivity index (χ2v) is 7.60. The van der Waals surface area contributed by atoms with Gasteiger partial charge < -0.3 is 0 Å². The van der Waals surface area contributed by atoms with Crippen LogP contribution in [-0.2, 0) is 16.4 Å². The molecule has 0 saturated heterocycles. The van der Waals surface area contributed by atoms with Crippen LogP contribution in [0.15, 0.2) is 53.4 Å². The number of nitrogens with one attached hydrogen (secondary N) is 1. The van der Waals surface area contributed by atoms with E-state index in [1.807, 2.05) is 18.2 Å². The quantitative estimate of drug-likeness (QED) is 0.666. The molecule has 0 spiro atoms. The van der Waals surface area contributed by atoms with E-state index < -0.39 is 20.6 Å². The van der Waals surface area contributed by atoms with Gasteiger partial charge in [-0.25, -0.2) is 13.1 Å². The third kappa shape index (κ3) is 3.32. The van der Waals surface area contributed by atoms with Crippen LogP contribution in [0.5, 0.6) is 0 Å². The molecule has 0 saturated carbocycles. The minimum atomic E-state index is -3.93. The molecule has 3 rings (SSSR count). The van der Waals surface area contributed by atoms with Crippen LogP contribution < -0.4 is 4.72 Å². The monoisotopic (exact) mass is 346 g/mol. The van der Waals surface area contributed by atoms with Crippen LogP contribution in [0.4, 0.5) is 5.69 Å². The lowest BCUT2D eigenvalue weighted by Gasteiger charge is -2.25. The van der Waals surface area contributed by atoms with Crippen molar-refractivity contribution in [2.45, 2.75) is 30.1 Å². The van der Waals surface area contributed by atoms with Crippen LogP contribution in [-0.4, -0.2) is 19.9 Å². The Balaban J connectivity index is 1.81. The van der Waals surface area contributed by atoms with Crippen LogP contribution in [0.2, 0.25) is 0 Å². The van der Waals surface area contributed by atoms with E-state index >= 15 is 0 Å². The number of rotatable bonds is 5. The van der Waals surface area contributed by atoms with Crippen molar-refractivity contribution < 1.29 is 13.3 Å². The molecule has 0 aliphatic heterocycles. The molecule has 24 heavy (non-hydrogen) atoms. The maximum Gasteiger partial charge on any atom is 0.289 e. The fourth-order valence-electron chi connectivity index (χ4n) is 3.19. The van der Waals surface area contributed by atoms with E-state index in [0.29, 0.717) is 0 Å². The van der Waals surface area contributed by atoms with Gasteiger partial charge in [0.15, 0.2) is 4.90 Å². The highest BCUT2D eigenvalue weighted by atomic mass is 32.2. The molecule has 0 heterocycles. The van der Waals surface area contributed by atoms with Gasteiger partial charge in [-0.2, -0.15) is 0 Å². The largest absolute Gasteiger partial charge is 0.289 e. The van der Waals surface area contributed by atoms with Gasteiger partial charge in [0.1, 0.15) is 0 Å². The SMILES string of the molecule is O=[N+]([O-])c1ccccc1S(=O)(=O)NC[C@H]1CCCc2ccccc21. The predicted molar refractivity (Wildman–Crippen MR) is 90.4 cm³/mol. The average Bonchev–Trinajstić information content (AvgIpc) is 2.60. The molecule has 0 aromatic heterocycles. The van der Waals surface area contributed by atoms with E-state index in [-0.39, 0.29) is 17.4 Å². The molecule has 2 aromatic carbocycles. The molecule has 0 unspecified atom stereocenters. The number of benzene rings is 2. The van der Waals surface area contributed by atoms with Gasteiger partial charge in [-0.05, 0) is 42.4 Å². The van der Waals surface area contributed by atoms with Crippen LogP contribution in [0.25, 0.3) is 0 Å². The molecule has 1 atom stereocenters. The smallest absolute Gasteiger partial charge is 0.258 e. The fraction of sp³-hybridized carbons (Fsp3) is 0.294. The molecule has 6 nitrogen and oxygen atoms in total. The molecule has 1 aliphatic rings. The van der Waals surface area contributed by atoms with Gasteiger partial charge in [0.25, 0.3) is 5.69 Å². The highest BCUT2D eigenvalue weighted by molar-refractivity contribution is 7.89. The highest BCUT2D eigenvalue weighted by Crippen LogP contribution is 2.31. The van der Waals surface area contributed by atoms with Crippen molar-refractivity contribution in [3.63, 3.8) is 0 Å². The van der Waals surface area contributed by atoms with Crippen molar-refractivity contribution in [3.8, 4) is 0 Å². The summed E-state index contributed by atoms with van der Waals surface area (Å²) in [5, 5.41) is 11.1. The number of hydrogen-bond acceptors (Lipinski definition) is 4. The molecule has 1 aliphatic carbocycles. The number of hydrogen-bond donors (Lipinski definition) is 1. The number of nitro groups is 1. The standard InChI is InChI=1S/C17H18N2O4S/c20-19(21)16-10-3-4-11-17(16)24(22,23)18-12-14-8-5-7-13-6-1-2-9-15(13)14/h1-4,6,9-11,14,18H,5,7-8,12H2/t14-/m1/s1. The van der Waals surface area contributed by atoms with E-state index in [2.05, 4.69) is 10.8 Å². The van der Waals surface area contributed by atoms with Crippen LogP contribution in [0.1, 0.15) is 29.9 Å². The number of nitrogens with zero attached hydrogens (tertiary/aromatic N) is 1. The Labute approximate surface area is 140 Å². The third-order valence-corrected chi connectivity index (χ3v) is 5.84. The average molecular weight is 346 g/mol. The summed E-state index contributed by atoms with van der Waals surface area (Å²) in [4.78, 5) is 10.1. The normalized spacial score (nSPS) is 17.2. The second-order valence-electron chi connectivity index (χ2n) is 5.86. The van der Waals surface area contributed by atoms with Gasteiger partial charge in [-0.1, -0.05) is 36.4 Å². The molecular weight excluding hydrogens is 328 g/mol. The Hall–Kier alpha value is -2.25. The lowest BCUT2D eigenvalue weighted by molar-refractivity contribution is -0.387. The Bertz CT molecular complexity index is 864. The fourth-order valence-corrected chi connectivity index (χ4v) is 4.44. The van der Waals surface area contributed by atoms with Gasteiger partial charge >= 0.3 is 0 Å². The molecular formula is C17H18N2O4S. The molecule has 0 amide bonds. The highest BCUT2D eigenvalue weighted by Gasteiger charge is 2.27. The van der Waals surface area contributed by atoms with Crippen molar-refractivity contribution in [3.05, 3.63) is 69.8 Å². The molecule has 0 bridgehead atoms. The summed E-state index contributed by atoms with van der Waals surface area (Å²) in [6.07, 6.45) is 2.91. The minimum absolute atomic E-state index is 0.0903. The maximum atomic E-state index is 12.5. The summed E-state index contributed by atoms with van der Waals surface area (Å²) >= 11 is 0. The zero-order valence-electron chi connectivity index (χ0n) is 13.0. The summed E-state index contributed by atoms with van der Waals surface area (Å²) < 4.78 is 27.5. The molecule has 7 heteroatoms. The van der Waals surface area contributed by atoms with E-state index in [4.69, 9.17) is 0 Å². The van der Waals surface area contributed by atoms with Gasteiger partial charge in [-0.3, -0.25) is 10.1 Å². The Morgan fingerprint density at radius 3 is 2.62 bits per heavy atom. The Morgan fingerprint density at radius 1 is 1.12 bits per heavy atom. The van der Waals surface area contributed by atoms with Crippen LogP contribution >= 0.6 is 0 Å². The Kier molecular flexibility index (Phi) is 4.64. The third-order valence-electron chi connectivity index (χ3n) is 4.36. The molecule has 0 fully saturated rings. The van der Waals surface area contributed by atoms with Crippen molar-refractivity contribution in [2.75, 3.05) is 6.54 Å². The number of aryl methyl sites for hydroxylation is 1. The predicted octanol–water partition coefficient (Wildman–Crippen LogP) is 2.99. The van der Waals surface area contributed by atoms with Crippen molar-refractivity contribution in [1.29, 1.82) is 0 Å². The summed E-state index contributed by atoms with van der Waals surface area (Å²) in [6, 6.07) is 13.4. The molecule has 126 valence electrons. The van der Waals surface area contributed by atoms with Crippen LogP contribution in [0.3, 0.4) is 0 Å². The summed E-state index contributed by atoms with van der Waals surface area (Å²) in [5.74, 6) is 0.0903. The maximum absolute atomic E-state index is 12.5. The van der Waals surface area contributed by atoms with E-state index in [1.165, 1.54) is 29.8 Å². The first-order valence-electron chi connectivity index (χ1n) is 7.80. The van der Waals surface area contributed by atoms with E-state index in [1.54, 1.807) is 0 Å². The first-order valence-corrected chi connectivity index (χ1v) is 9.28.